The zero-order chi connectivity index (χ0) is 30.7. The van der Waals surface area contributed by atoms with Crippen molar-refractivity contribution in [2.45, 2.75) is 32.0 Å². The Morgan fingerprint density at radius 2 is 1.84 bits per heavy atom. The van der Waals surface area contributed by atoms with Gasteiger partial charge in [-0.15, -0.1) is 0 Å². The van der Waals surface area contributed by atoms with Crippen LogP contribution in [-0.4, -0.2) is 73.0 Å². The third kappa shape index (κ3) is 7.25. The zero-order valence-electron chi connectivity index (χ0n) is 23.3. The van der Waals surface area contributed by atoms with Crippen molar-refractivity contribution in [3.8, 4) is 23.0 Å². The van der Waals surface area contributed by atoms with Crippen molar-refractivity contribution in [2.24, 2.45) is 11.7 Å². The number of nitrogens with zero attached hydrogens (tertiary/aromatic N) is 3. The Morgan fingerprint density at radius 1 is 1.09 bits per heavy atom. The third-order valence-electron chi connectivity index (χ3n) is 7.29. The highest BCUT2D eigenvalue weighted by molar-refractivity contribution is 5.97. The van der Waals surface area contributed by atoms with Crippen LogP contribution in [0.15, 0.2) is 40.8 Å². The van der Waals surface area contributed by atoms with E-state index in [1.807, 2.05) is 11.9 Å². The number of ether oxygens (including phenoxy) is 2. The summed E-state index contributed by atoms with van der Waals surface area (Å²) in [5.41, 5.74) is 5.64. The monoisotopic (exact) mass is 605 g/mol. The summed E-state index contributed by atoms with van der Waals surface area (Å²) in [5.74, 6) is -3.19. The average Bonchev–Trinajstić information content (AvgIpc) is 3.71. The molecule has 230 valence electrons. The molecule has 0 radical (unpaired) electrons. The molecule has 1 saturated carbocycles. The molecule has 2 aliphatic rings. The summed E-state index contributed by atoms with van der Waals surface area (Å²) in [6, 6.07) is 5.33. The van der Waals surface area contributed by atoms with E-state index in [1.54, 1.807) is 0 Å². The Kier molecular flexibility index (Phi) is 9.16. The van der Waals surface area contributed by atoms with Gasteiger partial charge >= 0.3 is 6.61 Å². The van der Waals surface area contributed by atoms with E-state index >= 15 is 0 Å². The van der Waals surface area contributed by atoms with Crippen LogP contribution in [0.2, 0.25) is 0 Å². The lowest BCUT2D eigenvalue weighted by molar-refractivity contribution is -0.135. The Balaban J connectivity index is 1.43. The fraction of sp³-hybridized carbons (Fsp3) is 0.414. The number of piperazine rings is 1. The van der Waals surface area contributed by atoms with Crippen molar-refractivity contribution >= 4 is 11.8 Å². The van der Waals surface area contributed by atoms with Crippen LogP contribution in [0, 0.1) is 17.6 Å². The van der Waals surface area contributed by atoms with Crippen LogP contribution in [-0.2, 0) is 11.3 Å². The SMILES string of the molecule is CN1CCN(C(=O)C(NC(=O)c2nc(-c3ccc(OC(F)F)c(OCC4CC4)c3)oc2CN)c2ccc(F)cc2F)CC1. The molecule has 14 heteroatoms. The fourth-order valence-electron chi connectivity index (χ4n) is 4.65. The average molecular weight is 606 g/mol. The van der Waals surface area contributed by atoms with E-state index < -0.39 is 36.1 Å². The van der Waals surface area contributed by atoms with Gasteiger partial charge in [0.15, 0.2) is 23.0 Å². The number of likely N-dealkylation sites (N-methyl/N-ethyl adjacent to an activating group) is 1. The summed E-state index contributed by atoms with van der Waals surface area (Å²) in [5, 5.41) is 2.53. The Morgan fingerprint density at radius 3 is 2.49 bits per heavy atom. The molecule has 43 heavy (non-hydrogen) atoms. The molecule has 0 bridgehead atoms. The van der Waals surface area contributed by atoms with Crippen LogP contribution < -0.4 is 20.5 Å². The molecule has 2 heterocycles. The zero-order valence-corrected chi connectivity index (χ0v) is 23.3. The van der Waals surface area contributed by atoms with Crippen molar-refractivity contribution in [1.29, 1.82) is 0 Å². The summed E-state index contributed by atoms with van der Waals surface area (Å²) in [6.07, 6.45) is 1.95. The van der Waals surface area contributed by atoms with E-state index in [0.717, 1.165) is 25.0 Å². The van der Waals surface area contributed by atoms with Gasteiger partial charge < -0.3 is 34.7 Å². The summed E-state index contributed by atoms with van der Waals surface area (Å²) in [4.78, 5) is 34.8. The van der Waals surface area contributed by atoms with Crippen LogP contribution in [0.25, 0.3) is 11.5 Å². The van der Waals surface area contributed by atoms with E-state index in [-0.39, 0.29) is 46.5 Å². The largest absolute Gasteiger partial charge is 0.489 e. The number of carbonyl (C=O) groups is 2. The molecule has 1 saturated heterocycles. The molecule has 2 aromatic carbocycles. The van der Waals surface area contributed by atoms with E-state index in [4.69, 9.17) is 14.9 Å². The standard InChI is InChI=1S/C29H31F4N5O5/c1-37-8-10-38(11-9-37)28(40)24(19-6-5-18(30)13-20(19)31)35-26(39)25-23(14-34)42-27(36-25)17-4-7-21(43-29(32)33)22(12-17)41-15-16-2-3-16/h4-7,12-13,16,24,29H,2-3,8-11,14-15,34H2,1H3,(H,35,39). The third-order valence-corrected chi connectivity index (χ3v) is 7.29. The van der Waals surface area contributed by atoms with Crippen molar-refractivity contribution < 1.29 is 41.0 Å². The molecule has 1 aliphatic carbocycles. The first-order chi connectivity index (χ1) is 20.6. The second-order valence-electron chi connectivity index (χ2n) is 10.5. The molecule has 1 aliphatic heterocycles. The number of carbonyl (C=O) groups excluding carboxylic acids is 2. The predicted octanol–water partition coefficient (Wildman–Crippen LogP) is 3.71. The van der Waals surface area contributed by atoms with Crippen LogP contribution in [0.4, 0.5) is 17.6 Å². The van der Waals surface area contributed by atoms with Gasteiger partial charge in [-0.3, -0.25) is 9.59 Å². The van der Waals surface area contributed by atoms with Crippen molar-refractivity contribution in [3.05, 3.63) is 65.1 Å². The minimum atomic E-state index is -3.07. The maximum atomic E-state index is 14.9. The van der Waals surface area contributed by atoms with Crippen molar-refractivity contribution in [3.63, 3.8) is 0 Å². The second-order valence-corrected chi connectivity index (χ2v) is 10.5. The fourth-order valence-corrected chi connectivity index (χ4v) is 4.65. The highest BCUT2D eigenvalue weighted by atomic mass is 19.3. The quantitative estimate of drug-likeness (QED) is 0.317. The molecule has 2 fully saturated rings. The van der Waals surface area contributed by atoms with Crippen molar-refractivity contribution in [1.82, 2.24) is 20.1 Å². The van der Waals surface area contributed by atoms with Crippen LogP contribution in [0.3, 0.4) is 0 Å². The highest BCUT2D eigenvalue weighted by Gasteiger charge is 2.33. The molecule has 3 N–H and O–H groups in total. The maximum absolute atomic E-state index is 14.9. The Hall–Kier alpha value is -4.17. The molecular formula is C29H31F4N5O5. The van der Waals surface area contributed by atoms with Gasteiger partial charge in [0.2, 0.25) is 11.8 Å². The number of nitrogens with one attached hydrogen (secondary N) is 1. The molecule has 1 aromatic heterocycles. The van der Waals surface area contributed by atoms with Crippen LogP contribution in [0.5, 0.6) is 11.5 Å². The lowest BCUT2D eigenvalue weighted by Crippen LogP contribution is -2.51. The molecule has 1 unspecified atom stereocenters. The maximum Gasteiger partial charge on any atom is 0.387 e. The number of rotatable bonds is 11. The van der Waals surface area contributed by atoms with Gasteiger partial charge in [0.05, 0.1) is 13.2 Å². The number of hydrogen-bond donors (Lipinski definition) is 2. The normalized spacial score (nSPS) is 16.3. The summed E-state index contributed by atoms with van der Waals surface area (Å²) < 4.78 is 70.5. The first kappa shape index (κ1) is 30.3. The molecule has 1 atom stereocenters. The number of halogens is 4. The lowest BCUT2D eigenvalue weighted by atomic mass is 10.0. The summed E-state index contributed by atoms with van der Waals surface area (Å²) in [6.45, 7) is -1.14. The van der Waals surface area contributed by atoms with Gasteiger partial charge in [0.1, 0.15) is 17.7 Å². The Bertz CT molecular complexity index is 1470. The van der Waals surface area contributed by atoms with E-state index in [1.165, 1.54) is 23.1 Å². The first-order valence-corrected chi connectivity index (χ1v) is 13.8. The molecule has 5 rings (SSSR count). The second kappa shape index (κ2) is 13.0. The highest BCUT2D eigenvalue weighted by Crippen LogP contribution is 2.37. The number of hydrogen-bond acceptors (Lipinski definition) is 8. The topological polar surface area (TPSA) is 123 Å². The van der Waals surface area contributed by atoms with Gasteiger partial charge in [-0.05, 0) is 50.1 Å². The summed E-state index contributed by atoms with van der Waals surface area (Å²) in [7, 11) is 1.90. The minimum absolute atomic E-state index is 0.0359. The van der Waals surface area contributed by atoms with Gasteiger partial charge in [0, 0.05) is 43.4 Å². The van der Waals surface area contributed by atoms with Gasteiger partial charge in [-0.2, -0.15) is 8.78 Å². The van der Waals surface area contributed by atoms with E-state index in [2.05, 4.69) is 15.0 Å². The smallest absolute Gasteiger partial charge is 0.387 e. The number of alkyl halides is 2. The number of amides is 2. The number of aromatic nitrogens is 1. The van der Waals surface area contributed by atoms with Crippen LogP contribution in [0.1, 0.15) is 40.7 Å². The van der Waals surface area contributed by atoms with Gasteiger partial charge in [0.25, 0.3) is 5.91 Å². The van der Waals surface area contributed by atoms with Crippen LogP contribution >= 0.6 is 0 Å². The number of benzene rings is 2. The predicted molar refractivity (Wildman–Crippen MR) is 145 cm³/mol. The number of oxazole rings is 1. The lowest BCUT2D eigenvalue weighted by Gasteiger charge is -2.34. The van der Waals surface area contributed by atoms with E-state index in [9.17, 15) is 27.2 Å². The molecule has 0 spiro atoms. The number of nitrogens with two attached hydrogens (primary N) is 1. The first-order valence-electron chi connectivity index (χ1n) is 13.8. The Labute approximate surface area is 244 Å². The van der Waals surface area contributed by atoms with Crippen molar-refractivity contribution in [2.75, 3.05) is 39.8 Å². The molecular weight excluding hydrogens is 574 g/mol. The van der Waals surface area contributed by atoms with E-state index in [0.29, 0.717) is 44.8 Å². The summed E-state index contributed by atoms with van der Waals surface area (Å²) >= 11 is 0. The molecule has 3 aromatic rings. The molecule has 10 nitrogen and oxygen atoms in total. The van der Waals surface area contributed by atoms with Gasteiger partial charge in [-0.1, -0.05) is 6.07 Å². The minimum Gasteiger partial charge on any atom is -0.489 e. The van der Waals surface area contributed by atoms with Gasteiger partial charge in [-0.25, -0.2) is 13.8 Å². The molecule has 2 amide bonds.